The molecular weight excluding hydrogens is 280 g/mol. The molecule has 1 unspecified atom stereocenters. The van der Waals surface area contributed by atoms with Crippen molar-refractivity contribution in [3.05, 3.63) is 28.8 Å². The predicted octanol–water partition coefficient (Wildman–Crippen LogP) is 1.20. The van der Waals surface area contributed by atoms with Gasteiger partial charge in [0.25, 0.3) is 11.7 Å². The first-order valence-corrected chi connectivity index (χ1v) is 6.90. The third-order valence-electron chi connectivity index (χ3n) is 3.66. The van der Waals surface area contributed by atoms with Gasteiger partial charge in [0.05, 0.1) is 30.5 Å². The second kappa shape index (κ2) is 5.16. The number of hydrogen-bond acceptors (Lipinski definition) is 4. The van der Waals surface area contributed by atoms with E-state index in [4.69, 9.17) is 16.3 Å². The van der Waals surface area contributed by atoms with Crippen LogP contribution in [0, 0.1) is 0 Å². The predicted molar refractivity (Wildman–Crippen MR) is 75.4 cm³/mol. The van der Waals surface area contributed by atoms with Crippen molar-refractivity contribution in [1.82, 2.24) is 4.90 Å². The van der Waals surface area contributed by atoms with E-state index in [-0.39, 0.29) is 6.10 Å². The molecule has 1 fully saturated rings. The molecule has 106 valence electrons. The standard InChI is InChI=1S/C14H15ClN2O3/c1-16-4-5-20-10(7-16)8-17-12-3-2-9(15)6-11(12)13(18)14(17)19/h2-3,6,10H,4-5,7-8H2,1H3. The zero-order valence-corrected chi connectivity index (χ0v) is 11.9. The number of benzene rings is 1. The molecule has 0 aliphatic carbocycles. The smallest absolute Gasteiger partial charge is 0.299 e. The van der Waals surface area contributed by atoms with Crippen molar-refractivity contribution in [2.24, 2.45) is 0 Å². The van der Waals surface area contributed by atoms with E-state index in [9.17, 15) is 9.59 Å². The highest BCUT2D eigenvalue weighted by molar-refractivity contribution is 6.52. The number of carbonyl (C=O) groups is 2. The molecule has 1 saturated heterocycles. The molecule has 0 N–H and O–H groups in total. The van der Waals surface area contributed by atoms with Crippen LogP contribution in [0.15, 0.2) is 18.2 Å². The van der Waals surface area contributed by atoms with E-state index in [2.05, 4.69) is 4.90 Å². The van der Waals surface area contributed by atoms with Crippen LogP contribution >= 0.6 is 11.6 Å². The summed E-state index contributed by atoms with van der Waals surface area (Å²) < 4.78 is 5.66. The van der Waals surface area contributed by atoms with Gasteiger partial charge < -0.3 is 14.5 Å². The van der Waals surface area contributed by atoms with Crippen molar-refractivity contribution in [3.63, 3.8) is 0 Å². The number of fused-ring (bicyclic) bond motifs is 1. The molecule has 1 aromatic carbocycles. The lowest BCUT2D eigenvalue weighted by Crippen LogP contribution is -2.47. The van der Waals surface area contributed by atoms with Gasteiger partial charge in [0.15, 0.2) is 0 Å². The summed E-state index contributed by atoms with van der Waals surface area (Å²) in [6.07, 6.45) is -0.0767. The van der Waals surface area contributed by atoms with Gasteiger partial charge in [-0.2, -0.15) is 0 Å². The summed E-state index contributed by atoms with van der Waals surface area (Å²) in [7, 11) is 2.01. The Kier molecular flexibility index (Phi) is 3.50. The molecule has 0 saturated carbocycles. The van der Waals surface area contributed by atoms with Gasteiger partial charge in [-0.05, 0) is 25.2 Å². The Morgan fingerprint density at radius 3 is 2.95 bits per heavy atom. The summed E-state index contributed by atoms with van der Waals surface area (Å²) in [4.78, 5) is 27.7. The van der Waals surface area contributed by atoms with Crippen LogP contribution in [0.25, 0.3) is 0 Å². The molecule has 2 aliphatic heterocycles. The molecule has 1 atom stereocenters. The van der Waals surface area contributed by atoms with Crippen LogP contribution in [0.2, 0.25) is 5.02 Å². The highest BCUT2D eigenvalue weighted by atomic mass is 35.5. The van der Waals surface area contributed by atoms with E-state index < -0.39 is 11.7 Å². The van der Waals surface area contributed by atoms with Crippen LogP contribution in [0.4, 0.5) is 5.69 Å². The van der Waals surface area contributed by atoms with E-state index in [1.165, 1.54) is 4.90 Å². The number of morpholine rings is 1. The van der Waals surface area contributed by atoms with E-state index >= 15 is 0 Å². The zero-order valence-electron chi connectivity index (χ0n) is 11.1. The minimum atomic E-state index is -0.501. The van der Waals surface area contributed by atoms with Gasteiger partial charge in [-0.15, -0.1) is 0 Å². The van der Waals surface area contributed by atoms with Crippen LogP contribution < -0.4 is 4.90 Å². The highest BCUT2D eigenvalue weighted by Crippen LogP contribution is 2.31. The second-order valence-electron chi connectivity index (χ2n) is 5.16. The van der Waals surface area contributed by atoms with Gasteiger partial charge in [0, 0.05) is 18.1 Å². The average Bonchev–Trinajstić information content (AvgIpc) is 2.64. The monoisotopic (exact) mass is 294 g/mol. The van der Waals surface area contributed by atoms with Crippen molar-refractivity contribution in [1.29, 1.82) is 0 Å². The summed E-state index contributed by atoms with van der Waals surface area (Å²) in [6.45, 7) is 2.67. The van der Waals surface area contributed by atoms with Crippen molar-refractivity contribution in [3.8, 4) is 0 Å². The number of amides is 1. The molecule has 3 rings (SSSR count). The van der Waals surface area contributed by atoms with Crippen molar-refractivity contribution in [2.45, 2.75) is 6.10 Å². The molecule has 20 heavy (non-hydrogen) atoms. The van der Waals surface area contributed by atoms with Crippen molar-refractivity contribution in [2.75, 3.05) is 38.2 Å². The lowest BCUT2D eigenvalue weighted by molar-refractivity contribution is -0.115. The number of ketones is 1. The Labute approximate surface area is 122 Å². The second-order valence-corrected chi connectivity index (χ2v) is 5.60. The molecule has 2 aliphatic rings. The van der Waals surface area contributed by atoms with Gasteiger partial charge in [-0.1, -0.05) is 11.6 Å². The number of halogens is 1. The summed E-state index contributed by atoms with van der Waals surface area (Å²) in [5, 5.41) is 0.459. The van der Waals surface area contributed by atoms with Gasteiger partial charge >= 0.3 is 0 Å². The van der Waals surface area contributed by atoms with Crippen LogP contribution in [0.5, 0.6) is 0 Å². The SMILES string of the molecule is CN1CCOC(CN2C(=O)C(=O)c3cc(Cl)ccc32)C1. The van der Waals surface area contributed by atoms with Gasteiger partial charge in [-0.3, -0.25) is 9.59 Å². The average molecular weight is 295 g/mol. The maximum Gasteiger partial charge on any atom is 0.299 e. The molecule has 5 nitrogen and oxygen atoms in total. The fraction of sp³-hybridized carbons (Fsp3) is 0.429. The first kappa shape index (κ1) is 13.5. The molecule has 1 aromatic rings. The number of ether oxygens (including phenoxy) is 1. The number of anilines is 1. The van der Waals surface area contributed by atoms with E-state index in [0.29, 0.717) is 29.4 Å². The topological polar surface area (TPSA) is 49.9 Å². The Balaban J connectivity index is 1.84. The van der Waals surface area contributed by atoms with Gasteiger partial charge in [0.2, 0.25) is 0 Å². The maximum absolute atomic E-state index is 12.1. The minimum Gasteiger partial charge on any atom is -0.374 e. The van der Waals surface area contributed by atoms with Crippen molar-refractivity contribution < 1.29 is 14.3 Å². The van der Waals surface area contributed by atoms with Crippen LogP contribution in [0.1, 0.15) is 10.4 Å². The Morgan fingerprint density at radius 2 is 2.20 bits per heavy atom. The van der Waals surface area contributed by atoms with E-state index in [1.807, 2.05) is 7.05 Å². The molecule has 1 amide bonds. The fourth-order valence-corrected chi connectivity index (χ4v) is 2.81. The molecule has 0 radical (unpaired) electrons. The molecular formula is C14H15ClN2O3. The zero-order chi connectivity index (χ0) is 14.3. The van der Waals surface area contributed by atoms with Crippen LogP contribution in [0.3, 0.4) is 0 Å². The quantitative estimate of drug-likeness (QED) is 0.769. The molecule has 0 bridgehead atoms. The summed E-state index contributed by atoms with van der Waals surface area (Å²) in [5.74, 6) is -0.995. The summed E-state index contributed by atoms with van der Waals surface area (Å²) in [6, 6.07) is 4.95. The number of nitrogens with zero attached hydrogens (tertiary/aromatic N) is 2. The normalized spacial score (nSPS) is 23.3. The molecule has 2 heterocycles. The number of Topliss-reactive ketones (excluding diaryl/α,β-unsaturated/α-hetero) is 1. The fourth-order valence-electron chi connectivity index (χ4n) is 2.63. The molecule has 0 aromatic heterocycles. The minimum absolute atomic E-state index is 0.0767. The lowest BCUT2D eigenvalue weighted by atomic mass is 10.1. The highest BCUT2D eigenvalue weighted by Gasteiger charge is 2.37. The van der Waals surface area contributed by atoms with E-state index in [0.717, 1.165) is 13.1 Å². The Morgan fingerprint density at radius 1 is 1.40 bits per heavy atom. The molecule has 0 spiro atoms. The third kappa shape index (κ3) is 2.32. The summed E-state index contributed by atoms with van der Waals surface area (Å²) in [5.41, 5.74) is 1.01. The first-order chi connectivity index (χ1) is 9.56. The number of hydrogen-bond donors (Lipinski definition) is 0. The lowest BCUT2D eigenvalue weighted by Gasteiger charge is -2.32. The first-order valence-electron chi connectivity index (χ1n) is 6.52. The van der Waals surface area contributed by atoms with Crippen LogP contribution in [-0.4, -0.2) is 56.0 Å². The van der Waals surface area contributed by atoms with Crippen molar-refractivity contribution >= 4 is 29.0 Å². The maximum atomic E-state index is 12.1. The molecule has 6 heteroatoms. The number of rotatable bonds is 2. The Bertz CT molecular complexity index is 576. The van der Waals surface area contributed by atoms with Gasteiger partial charge in [0.1, 0.15) is 0 Å². The largest absolute Gasteiger partial charge is 0.374 e. The number of likely N-dealkylation sites (N-methyl/N-ethyl adjacent to an activating group) is 1. The van der Waals surface area contributed by atoms with Gasteiger partial charge in [-0.25, -0.2) is 0 Å². The van der Waals surface area contributed by atoms with Crippen LogP contribution in [-0.2, 0) is 9.53 Å². The van der Waals surface area contributed by atoms with E-state index in [1.54, 1.807) is 18.2 Å². The number of carbonyl (C=O) groups excluding carboxylic acids is 2. The third-order valence-corrected chi connectivity index (χ3v) is 3.90. The summed E-state index contributed by atoms with van der Waals surface area (Å²) >= 11 is 5.88. The Hall–Kier alpha value is -1.43.